The van der Waals surface area contributed by atoms with Gasteiger partial charge in [-0.1, -0.05) is 69.9 Å². The van der Waals surface area contributed by atoms with Crippen LogP contribution in [-0.4, -0.2) is 23.0 Å². The third kappa shape index (κ3) is 5.50. The molecule has 132 valence electrons. The van der Waals surface area contributed by atoms with Crippen LogP contribution in [0.2, 0.25) is 37.8 Å². The summed E-state index contributed by atoms with van der Waals surface area (Å²) in [5.41, 5.74) is 0.0957. The average Bonchev–Trinajstić information content (AvgIpc) is 2.36. The van der Waals surface area contributed by atoms with Crippen LogP contribution in [0.3, 0.4) is 0 Å². The first-order valence-corrected chi connectivity index (χ1v) is 14.7. The lowest BCUT2D eigenvalue weighted by Crippen LogP contribution is -2.41. The third-order valence-electron chi connectivity index (χ3n) is 4.86. The van der Waals surface area contributed by atoms with Gasteiger partial charge in [-0.05, 0) is 18.1 Å². The van der Waals surface area contributed by atoms with Crippen molar-refractivity contribution in [3.05, 3.63) is 29.8 Å². The minimum Gasteiger partial charge on any atom is -0.417 e. The predicted octanol–water partition coefficient (Wildman–Crippen LogP) is 5.74. The van der Waals surface area contributed by atoms with Gasteiger partial charge in [0.05, 0.1) is 8.07 Å². The number of alkyl halides is 2. The summed E-state index contributed by atoms with van der Waals surface area (Å²) in [6.45, 7) is 17.3. The molecule has 0 saturated heterocycles. The maximum atomic E-state index is 14.4. The summed E-state index contributed by atoms with van der Waals surface area (Å²) < 4.78 is 34.7. The predicted molar refractivity (Wildman–Crippen MR) is 101 cm³/mol. The Hall–Kier alpha value is -0.526. The minimum atomic E-state index is -2.83. The van der Waals surface area contributed by atoms with Crippen LogP contribution in [0.5, 0.6) is 0 Å². The molecule has 0 aliphatic rings. The Morgan fingerprint density at radius 1 is 0.913 bits per heavy atom. The molecule has 0 heterocycles. The second-order valence-electron chi connectivity index (χ2n) is 8.89. The van der Waals surface area contributed by atoms with Gasteiger partial charge in [-0.3, -0.25) is 0 Å². The fourth-order valence-corrected chi connectivity index (χ4v) is 4.22. The van der Waals surface area contributed by atoms with Crippen molar-refractivity contribution in [1.29, 1.82) is 0 Å². The second kappa shape index (κ2) is 6.77. The maximum Gasteiger partial charge on any atom is 0.275 e. The quantitative estimate of drug-likeness (QED) is 0.590. The number of hydrogen-bond acceptors (Lipinski definition) is 1. The summed E-state index contributed by atoms with van der Waals surface area (Å²) in [7, 11) is -3.42. The van der Waals surface area contributed by atoms with E-state index < -0.39 is 22.3 Å². The van der Waals surface area contributed by atoms with E-state index in [0.29, 0.717) is 0 Å². The summed E-state index contributed by atoms with van der Waals surface area (Å²) >= 11 is 0. The van der Waals surface area contributed by atoms with E-state index in [0.717, 1.165) is 0 Å². The van der Waals surface area contributed by atoms with E-state index in [4.69, 9.17) is 4.43 Å². The van der Waals surface area contributed by atoms with Crippen LogP contribution < -0.4 is 5.19 Å². The van der Waals surface area contributed by atoms with Gasteiger partial charge in [0.1, 0.15) is 0 Å². The first-order chi connectivity index (χ1) is 10.2. The van der Waals surface area contributed by atoms with Gasteiger partial charge in [0.15, 0.2) is 8.32 Å². The van der Waals surface area contributed by atoms with Crippen LogP contribution in [0.1, 0.15) is 32.8 Å². The molecule has 0 amide bonds. The Balaban J connectivity index is 2.73. The molecule has 0 N–H and O–H groups in total. The molecule has 23 heavy (non-hydrogen) atoms. The smallest absolute Gasteiger partial charge is 0.275 e. The lowest BCUT2D eigenvalue weighted by atomic mass is 10.1. The van der Waals surface area contributed by atoms with Gasteiger partial charge >= 0.3 is 0 Å². The largest absolute Gasteiger partial charge is 0.417 e. The zero-order chi connectivity index (χ0) is 18.1. The zero-order valence-corrected chi connectivity index (χ0v) is 17.9. The Kier molecular flexibility index (Phi) is 6.04. The normalized spacial score (nSPS) is 14.2. The molecule has 0 fully saturated rings. The molecule has 1 aromatic rings. The SMILES string of the molecule is CC(C)(C)[Si](C)(C)OCCC(F)(F)c1ccc([Si](C)(C)C)cc1. The third-order valence-corrected chi connectivity index (χ3v) is 11.5. The van der Waals surface area contributed by atoms with E-state index in [2.05, 4.69) is 53.5 Å². The molecule has 1 aromatic carbocycles. The van der Waals surface area contributed by atoms with E-state index in [1.807, 2.05) is 12.1 Å². The molecule has 0 aliphatic heterocycles. The summed E-state index contributed by atoms with van der Waals surface area (Å²) in [5, 5.41) is 1.25. The van der Waals surface area contributed by atoms with Crippen molar-refractivity contribution in [1.82, 2.24) is 0 Å². The number of hydrogen-bond donors (Lipinski definition) is 0. The Morgan fingerprint density at radius 2 is 1.39 bits per heavy atom. The molecule has 5 heteroatoms. The van der Waals surface area contributed by atoms with Gasteiger partial charge < -0.3 is 4.43 Å². The fourth-order valence-electron chi connectivity index (χ4n) is 2.01. The topological polar surface area (TPSA) is 9.23 Å². The summed E-state index contributed by atoms with van der Waals surface area (Å²) in [6.07, 6.45) is -0.258. The Labute approximate surface area is 142 Å². The Bertz CT molecular complexity index is 511. The van der Waals surface area contributed by atoms with Gasteiger partial charge in [0.2, 0.25) is 0 Å². The van der Waals surface area contributed by atoms with Crippen molar-refractivity contribution < 1.29 is 13.2 Å². The molecular formula is C18H32F2OSi2. The summed E-state index contributed by atoms with van der Waals surface area (Å²) in [6, 6.07) is 6.90. The lowest BCUT2D eigenvalue weighted by Gasteiger charge is -2.36. The molecule has 0 aliphatic carbocycles. The fraction of sp³-hybridized carbons (Fsp3) is 0.667. The van der Waals surface area contributed by atoms with E-state index >= 15 is 0 Å². The Morgan fingerprint density at radius 3 is 1.78 bits per heavy atom. The van der Waals surface area contributed by atoms with Crippen molar-refractivity contribution in [3.8, 4) is 0 Å². The van der Waals surface area contributed by atoms with Crippen molar-refractivity contribution in [2.24, 2.45) is 0 Å². The lowest BCUT2D eigenvalue weighted by molar-refractivity contribution is -0.0255. The van der Waals surface area contributed by atoms with Gasteiger partial charge in [-0.15, -0.1) is 0 Å². The molecule has 0 spiro atoms. The highest BCUT2D eigenvalue weighted by atomic mass is 28.4. The van der Waals surface area contributed by atoms with Crippen molar-refractivity contribution >= 4 is 21.6 Å². The highest BCUT2D eigenvalue weighted by Crippen LogP contribution is 2.38. The van der Waals surface area contributed by atoms with E-state index in [-0.39, 0.29) is 23.6 Å². The molecule has 1 nitrogen and oxygen atoms in total. The number of halogens is 2. The highest BCUT2D eigenvalue weighted by Gasteiger charge is 2.38. The van der Waals surface area contributed by atoms with Gasteiger partial charge in [-0.25, -0.2) is 8.78 Å². The van der Waals surface area contributed by atoms with E-state index in [1.165, 1.54) is 5.19 Å². The summed E-state index contributed by atoms with van der Waals surface area (Å²) in [4.78, 5) is 0. The summed E-state index contributed by atoms with van der Waals surface area (Å²) in [5.74, 6) is -2.83. The van der Waals surface area contributed by atoms with E-state index in [1.54, 1.807) is 12.1 Å². The van der Waals surface area contributed by atoms with Crippen LogP contribution in [0.25, 0.3) is 0 Å². The van der Waals surface area contributed by atoms with Crippen molar-refractivity contribution in [2.45, 2.75) is 70.9 Å². The molecule has 0 saturated carbocycles. The highest BCUT2D eigenvalue weighted by molar-refractivity contribution is 6.88. The maximum absolute atomic E-state index is 14.4. The second-order valence-corrected chi connectivity index (χ2v) is 18.8. The molecule has 0 aromatic heterocycles. The number of benzene rings is 1. The zero-order valence-electron chi connectivity index (χ0n) is 15.9. The number of rotatable bonds is 6. The van der Waals surface area contributed by atoms with Crippen molar-refractivity contribution in [2.75, 3.05) is 6.61 Å². The van der Waals surface area contributed by atoms with E-state index in [9.17, 15) is 8.78 Å². The van der Waals surface area contributed by atoms with Crippen LogP contribution in [0.4, 0.5) is 8.78 Å². The van der Waals surface area contributed by atoms with Crippen LogP contribution >= 0.6 is 0 Å². The standard InChI is InChI=1S/C18H32F2OSi2/c1-17(2,3)23(7,8)21-14-13-18(19,20)15-9-11-16(12-10-15)22(4,5)6/h9-12H,13-14H2,1-8H3. The minimum absolute atomic E-state index is 0.0429. The van der Waals surface area contributed by atoms with Crippen LogP contribution in [-0.2, 0) is 10.3 Å². The van der Waals surface area contributed by atoms with Crippen LogP contribution in [0.15, 0.2) is 24.3 Å². The van der Waals surface area contributed by atoms with Gasteiger partial charge in [0, 0.05) is 18.6 Å². The molecule has 0 atom stereocenters. The van der Waals surface area contributed by atoms with Crippen molar-refractivity contribution in [3.63, 3.8) is 0 Å². The average molecular weight is 359 g/mol. The first-order valence-electron chi connectivity index (χ1n) is 8.30. The van der Waals surface area contributed by atoms with Crippen LogP contribution in [0, 0.1) is 0 Å². The monoisotopic (exact) mass is 358 g/mol. The molecule has 0 radical (unpaired) electrons. The van der Waals surface area contributed by atoms with Gasteiger partial charge in [0.25, 0.3) is 5.92 Å². The molecule has 0 bridgehead atoms. The van der Waals surface area contributed by atoms with Gasteiger partial charge in [-0.2, -0.15) is 0 Å². The first kappa shape index (κ1) is 20.5. The molecule has 1 rings (SSSR count). The molecular weight excluding hydrogens is 326 g/mol. The molecule has 0 unspecified atom stereocenters.